The number of rotatable bonds is 9. The minimum atomic E-state index is 0.416. The van der Waals surface area contributed by atoms with Crippen LogP contribution in [0.4, 0.5) is 5.95 Å². The summed E-state index contributed by atoms with van der Waals surface area (Å²) < 4.78 is 17.2. The van der Waals surface area contributed by atoms with Gasteiger partial charge in [-0.15, -0.1) is 0 Å². The van der Waals surface area contributed by atoms with Crippen LogP contribution >= 0.6 is 0 Å². The molecule has 7 nitrogen and oxygen atoms in total. The molecular formula is C20H22N4O3. The summed E-state index contributed by atoms with van der Waals surface area (Å²) in [6, 6.07) is 13.6. The zero-order valence-electron chi connectivity index (χ0n) is 15.4. The zero-order valence-corrected chi connectivity index (χ0v) is 15.4. The monoisotopic (exact) mass is 366 g/mol. The molecule has 1 N–H and O–H groups in total. The van der Waals surface area contributed by atoms with Crippen molar-refractivity contribution >= 4 is 12.2 Å². The Hall–Kier alpha value is -3.35. The van der Waals surface area contributed by atoms with E-state index >= 15 is 0 Å². The fourth-order valence-electron chi connectivity index (χ4n) is 2.34. The van der Waals surface area contributed by atoms with Crippen LogP contribution in [-0.2, 0) is 0 Å². The molecule has 0 fully saturated rings. The van der Waals surface area contributed by atoms with Gasteiger partial charge in [-0.05, 0) is 49.7 Å². The Morgan fingerprint density at radius 2 is 1.81 bits per heavy atom. The van der Waals surface area contributed by atoms with Gasteiger partial charge in [0.1, 0.15) is 25.3 Å². The van der Waals surface area contributed by atoms with Crippen molar-refractivity contribution in [3.05, 3.63) is 59.9 Å². The molecule has 0 aliphatic rings. The molecule has 0 saturated heterocycles. The number of hydrogen-bond acceptors (Lipinski definition) is 6. The minimum absolute atomic E-state index is 0.416. The van der Waals surface area contributed by atoms with E-state index in [4.69, 9.17) is 14.2 Å². The van der Waals surface area contributed by atoms with Crippen LogP contribution in [0.2, 0.25) is 0 Å². The SMILES string of the molecule is CCOc1cc(/C=N/c2ncn[nH]2)ccc1OCCOc1ccc(C)cc1. The second-order valence-electron chi connectivity index (χ2n) is 5.72. The minimum Gasteiger partial charge on any atom is -0.490 e. The van der Waals surface area contributed by atoms with E-state index in [-0.39, 0.29) is 0 Å². The summed E-state index contributed by atoms with van der Waals surface area (Å²) in [6.45, 7) is 5.38. The molecule has 0 spiro atoms. The lowest BCUT2D eigenvalue weighted by Crippen LogP contribution is -2.10. The molecule has 1 heterocycles. The van der Waals surface area contributed by atoms with Gasteiger partial charge in [0.2, 0.25) is 5.95 Å². The molecule has 0 radical (unpaired) electrons. The van der Waals surface area contributed by atoms with Crippen molar-refractivity contribution < 1.29 is 14.2 Å². The van der Waals surface area contributed by atoms with Gasteiger partial charge in [-0.3, -0.25) is 0 Å². The van der Waals surface area contributed by atoms with Gasteiger partial charge in [-0.25, -0.2) is 10.1 Å². The number of aliphatic imine (C=N–C) groups is 1. The van der Waals surface area contributed by atoms with E-state index in [1.807, 2.05) is 56.3 Å². The van der Waals surface area contributed by atoms with Crippen molar-refractivity contribution in [1.29, 1.82) is 0 Å². The Bertz CT molecular complexity index is 861. The van der Waals surface area contributed by atoms with Crippen LogP contribution in [0.3, 0.4) is 0 Å². The predicted octanol–water partition coefficient (Wildman–Crippen LogP) is 3.72. The number of ether oxygens (including phenoxy) is 3. The summed E-state index contributed by atoms with van der Waals surface area (Å²) in [6.07, 6.45) is 3.10. The normalized spacial score (nSPS) is 10.9. The standard InChI is InChI=1S/C20H22N4O3/c1-3-25-19-12-16(13-21-20-22-14-23-24-20)6-9-18(19)27-11-10-26-17-7-4-15(2)5-8-17/h4-9,12-14H,3,10-11H2,1-2H3,(H,22,23,24)/b21-13+. The molecule has 1 aromatic heterocycles. The smallest absolute Gasteiger partial charge is 0.245 e. The van der Waals surface area contributed by atoms with Crippen LogP contribution in [-0.4, -0.2) is 41.2 Å². The highest BCUT2D eigenvalue weighted by Crippen LogP contribution is 2.28. The van der Waals surface area contributed by atoms with Crippen LogP contribution in [0.5, 0.6) is 17.2 Å². The average Bonchev–Trinajstić information content (AvgIpc) is 3.20. The highest BCUT2D eigenvalue weighted by molar-refractivity contribution is 5.82. The van der Waals surface area contributed by atoms with E-state index < -0.39 is 0 Å². The first-order valence-corrected chi connectivity index (χ1v) is 8.73. The largest absolute Gasteiger partial charge is 0.490 e. The number of H-pyrrole nitrogens is 1. The zero-order chi connectivity index (χ0) is 18.9. The summed E-state index contributed by atoms with van der Waals surface area (Å²) in [7, 11) is 0. The summed E-state index contributed by atoms with van der Waals surface area (Å²) in [5.41, 5.74) is 2.07. The Kier molecular flexibility index (Phi) is 6.40. The first-order valence-electron chi connectivity index (χ1n) is 8.73. The van der Waals surface area contributed by atoms with Gasteiger partial charge in [0.25, 0.3) is 0 Å². The second kappa shape index (κ2) is 9.38. The van der Waals surface area contributed by atoms with E-state index in [1.54, 1.807) is 6.21 Å². The fraction of sp³-hybridized carbons (Fsp3) is 0.250. The summed E-state index contributed by atoms with van der Waals surface area (Å²) in [4.78, 5) is 8.16. The molecule has 27 heavy (non-hydrogen) atoms. The molecule has 3 rings (SSSR count). The van der Waals surface area contributed by atoms with Crippen molar-refractivity contribution in [2.24, 2.45) is 4.99 Å². The molecule has 140 valence electrons. The van der Waals surface area contributed by atoms with Crippen molar-refractivity contribution in [2.45, 2.75) is 13.8 Å². The van der Waals surface area contributed by atoms with E-state index in [1.165, 1.54) is 11.9 Å². The number of hydrogen-bond donors (Lipinski definition) is 1. The maximum atomic E-state index is 5.82. The number of nitrogens with one attached hydrogen (secondary N) is 1. The van der Waals surface area contributed by atoms with Crippen molar-refractivity contribution in [1.82, 2.24) is 15.2 Å². The number of benzene rings is 2. The first kappa shape index (κ1) is 18.4. The third kappa shape index (κ3) is 5.57. The van der Waals surface area contributed by atoms with E-state index in [0.29, 0.717) is 37.3 Å². The quantitative estimate of drug-likeness (QED) is 0.461. The van der Waals surface area contributed by atoms with Crippen molar-refractivity contribution in [2.75, 3.05) is 19.8 Å². The molecule has 0 aliphatic heterocycles. The lowest BCUT2D eigenvalue weighted by Gasteiger charge is -2.13. The highest BCUT2D eigenvalue weighted by Gasteiger charge is 2.06. The number of aromatic amines is 1. The molecular weight excluding hydrogens is 344 g/mol. The van der Waals surface area contributed by atoms with Gasteiger partial charge in [0.05, 0.1) is 6.61 Å². The first-order chi connectivity index (χ1) is 13.2. The summed E-state index contributed by atoms with van der Waals surface area (Å²) in [5.74, 6) is 2.60. The number of aryl methyl sites for hydroxylation is 1. The molecule has 0 amide bonds. The maximum absolute atomic E-state index is 5.82. The van der Waals surface area contributed by atoms with Gasteiger partial charge in [0.15, 0.2) is 11.5 Å². The Labute approximate surface area is 158 Å². The van der Waals surface area contributed by atoms with Crippen LogP contribution in [0.25, 0.3) is 0 Å². The van der Waals surface area contributed by atoms with Gasteiger partial charge in [-0.1, -0.05) is 17.7 Å². The molecule has 0 saturated carbocycles. The maximum Gasteiger partial charge on any atom is 0.245 e. The number of nitrogens with zero attached hydrogens (tertiary/aromatic N) is 3. The molecule has 2 aromatic carbocycles. The van der Waals surface area contributed by atoms with Crippen LogP contribution in [0.1, 0.15) is 18.1 Å². The lowest BCUT2D eigenvalue weighted by atomic mass is 10.2. The van der Waals surface area contributed by atoms with E-state index in [9.17, 15) is 0 Å². The Morgan fingerprint density at radius 3 is 2.56 bits per heavy atom. The second-order valence-corrected chi connectivity index (χ2v) is 5.72. The van der Waals surface area contributed by atoms with E-state index in [0.717, 1.165) is 11.3 Å². The topological polar surface area (TPSA) is 81.6 Å². The van der Waals surface area contributed by atoms with Crippen LogP contribution < -0.4 is 14.2 Å². The molecule has 7 heteroatoms. The van der Waals surface area contributed by atoms with E-state index in [2.05, 4.69) is 20.2 Å². The molecule has 0 unspecified atom stereocenters. The Balaban J connectivity index is 1.57. The molecule has 0 bridgehead atoms. The molecule has 0 atom stereocenters. The van der Waals surface area contributed by atoms with Crippen molar-refractivity contribution in [3.63, 3.8) is 0 Å². The van der Waals surface area contributed by atoms with Gasteiger partial charge >= 0.3 is 0 Å². The molecule has 3 aromatic rings. The van der Waals surface area contributed by atoms with Gasteiger partial charge in [0, 0.05) is 6.21 Å². The summed E-state index contributed by atoms with van der Waals surface area (Å²) >= 11 is 0. The van der Waals surface area contributed by atoms with Gasteiger partial charge in [-0.2, -0.15) is 10.1 Å². The number of aromatic nitrogens is 3. The average molecular weight is 366 g/mol. The molecule has 0 aliphatic carbocycles. The third-order valence-electron chi connectivity index (χ3n) is 3.64. The fourth-order valence-corrected chi connectivity index (χ4v) is 2.34. The van der Waals surface area contributed by atoms with Crippen LogP contribution in [0.15, 0.2) is 53.8 Å². The third-order valence-corrected chi connectivity index (χ3v) is 3.64. The van der Waals surface area contributed by atoms with Crippen LogP contribution in [0, 0.1) is 6.92 Å². The summed E-state index contributed by atoms with van der Waals surface area (Å²) in [5, 5.41) is 6.44. The Morgan fingerprint density at radius 1 is 1.00 bits per heavy atom. The predicted molar refractivity (Wildman–Crippen MR) is 103 cm³/mol. The lowest BCUT2D eigenvalue weighted by molar-refractivity contribution is 0.208. The van der Waals surface area contributed by atoms with Crippen molar-refractivity contribution in [3.8, 4) is 17.2 Å². The van der Waals surface area contributed by atoms with Gasteiger partial charge < -0.3 is 14.2 Å². The highest BCUT2D eigenvalue weighted by atomic mass is 16.5.